The second-order valence-electron chi connectivity index (χ2n) is 5.24. The Kier molecular flexibility index (Phi) is 3.47. The molecule has 5 nitrogen and oxygen atoms in total. The van der Waals surface area contributed by atoms with Gasteiger partial charge in [-0.2, -0.15) is 0 Å². The third-order valence-electron chi connectivity index (χ3n) is 3.38. The Morgan fingerprint density at radius 3 is 2.41 bits per heavy atom. The zero-order valence-corrected chi connectivity index (χ0v) is 12.4. The number of carbonyl (C=O) groups is 1. The van der Waals surface area contributed by atoms with E-state index in [9.17, 15) is 4.79 Å². The molecule has 0 saturated carbocycles. The highest BCUT2D eigenvalue weighted by Gasteiger charge is 2.16. The molecular weight excluding hydrogens is 276 g/mol. The fourth-order valence-electron chi connectivity index (χ4n) is 2.25. The Morgan fingerprint density at radius 2 is 1.77 bits per heavy atom. The highest BCUT2D eigenvalue weighted by atomic mass is 16.1. The Morgan fingerprint density at radius 1 is 1.05 bits per heavy atom. The summed E-state index contributed by atoms with van der Waals surface area (Å²) in [7, 11) is 0. The van der Waals surface area contributed by atoms with Crippen molar-refractivity contribution in [2.45, 2.75) is 13.8 Å². The van der Waals surface area contributed by atoms with E-state index in [0.29, 0.717) is 5.82 Å². The molecule has 3 rings (SSSR count). The Balaban J connectivity index is 2.20. The van der Waals surface area contributed by atoms with Crippen LogP contribution in [0.2, 0.25) is 0 Å². The van der Waals surface area contributed by atoms with E-state index in [0.717, 1.165) is 22.4 Å². The SMILES string of the molecule is Cc1ccc(-c2nc(C(N)=O)nn2-c2cccc(C)c2)cc1. The predicted octanol–water partition coefficient (Wildman–Crippen LogP) is 2.65. The molecule has 22 heavy (non-hydrogen) atoms. The number of nitrogens with two attached hydrogens (primary N) is 1. The van der Waals surface area contributed by atoms with Gasteiger partial charge in [0.15, 0.2) is 5.82 Å². The molecule has 0 aliphatic heterocycles. The molecule has 5 heteroatoms. The van der Waals surface area contributed by atoms with Gasteiger partial charge in [0.05, 0.1) is 5.69 Å². The molecule has 0 bridgehead atoms. The summed E-state index contributed by atoms with van der Waals surface area (Å²) < 4.78 is 1.65. The van der Waals surface area contributed by atoms with Gasteiger partial charge >= 0.3 is 0 Å². The molecule has 3 aromatic rings. The molecule has 1 heterocycles. The van der Waals surface area contributed by atoms with Crippen molar-refractivity contribution in [1.82, 2.24) is 14.8 Å². The molecule has 1 aromatic heterocycles. The highest BCUT2D eigenvalue weighted by Crippen LogP contribution is 2.22. The fraction of sp³-hybridized carbons (Fsp3) is 0.118. The number of hydrogen-bond acceptors (Lipinski definition) is 3. The van der Waals surface area contributed by atoms with Gasteiger partial charge in [-0.3, -0.25) is 4.79 Å². The molecule has 2 aromatic carbocycles. The van der Waals surface area contributed by atoms with Crippen molar-refractivity contribution < 1.29 is 4.79 Å². The van der Waals surface area contributed by atoms with Crippen molar-refractivity contribution in [1.29, 1.82) is 0 Å². The van der Waals surface area contributed by atoms with Gasteiger partial charge in [0.2, 0.25) is 5.82 Å². The number of aromatic nitrogens is 3. The predicted molar refractivity (Wildman–Crippen MR) is 84.8 cm³/mol. The van der Waals surface area contributed by atoms with E-state index >= 15 is 0 Å². The van der Waals surface area contributed by atoms with Gasteiger partial charge in [-0.1, -0.05) is 42.0 Å². The number of primary amides is 1. The zero-order chi connectivity index (χ0) is 15.7. The van der Waals surface area contributed by atoms with Crippen molar-refractivity contribution in [3.05, 3.63) is 65.5 Å². The Hall–Kier alpha value is -2.95. The van der Waals surface area contributed by atoms with Crippen LogP contribution in [0, 0.1) is 13.8 Å². The van der Waals surface area contributed by atoms with Gasteiger partial charge in [0.1, 0.15) is 0 Å². The summed E-state index contributed by atoms with van der Waals surface area (Å²) in [5.41, 5.74) is 9.31. The molecule has 2 N–H and O–H groups in total. The summed E-state index contributed by atoms with van der Waals surface area (Å²) in [6.07, 6.45) is 0. The number of rotatable bonds is 3. The van der Waals surface area contributed by atoms with Crippen LogP contribution in [0.3, 0.4) is 0 Å². The van der Waals surface area contributed by atoms with E-state index < -0.39 is 5.91 Å². The lowest BCUT2D eigenvalue weighted by Crippen LogP contribution is -2.13. The average molecular weight is 292 g/mol. The summed E-state index contributed by atoms with van der Waals surface area (Å²) >= 11 is 0. The van der Waals surface area contributed by atoms with Crippen molar-refractivity contribution >= 4 is 5.91 Å². The smallest absolute Gasteiger partial charge is 0.288 e. The summed E-state index contributed by atoms with van der Waals surface area (Å²) in [5, 5.41) is 4.25. The van der Waals surface area contributed by atoms with Gasteiger partial charge in [-0.25, -0.2) is 9.67 Å². The van der Waals surface area contributed by atoms with Crippen LogP contribution < -0.4 is 5.73 Å². The molecule has 0 aliphatic carbocycles. The van der Waals surface area contributed by atoms with E-state index in [2.05, 4.69) is 10.1 Å². The van der Waals surface area contributed by atoms with Crippen LogP contribution in [0.1, 0.15) is 21.7 Å². The van der Waals surface area contributed by atoms with Crippen LogP contribution in [0.25, 0.3) is 17.1 Å². The highest BCUT2D eigenvalue weighted by molar-refractivity contribution is 5.89. The fourth-order valence-corrected chi connectivity index (χ4v) is 2.25. The average Bonchev–Trinajstić information content (AvgIpc) is 2.93. The molecule has 0 atom stereocenters. The third-order valence-corrected chi connectivity index (χ3v) is 3.38. The summed E-state index contributed by atoms with van der Waals surface area (Å²) in [4.78, 5) is 15.7. The number of hydrogen-bond donors (Lipinski definition) is 1. The van der Waals surface area contributed by atoms with Gasteiger partial charge in [-0.05, 0) is 31.5 Å². The first kappa shape index (κ1) is 14.0. The van der Waals surface area contributed by atoms with Crippen molar-refractivity contribution in [3.8, 4) is 17.1 Å². The zero-order valence-electron chi connectivity index (χ0n) is 12.4. The second kappa shape index (κ2) is 5.44. The summed E-state index contributed by atoms with van der Waals surface area (Å²) in [6, 6.07) is 15.7. The summed E-state index contributed by atoms with van der Waals surface area (Å²) in [5.74, 6) is -0.0313. The normalized spacial score (nSPS) is 10.6. The maximum absolute atomic E-state index is 11.4. The van der Waals surface area contributed by atoms with Crippen molar-refractivity contribution in [2.24, 2.45) is 5.73 Å². The lowest BCUT2D eigenvalue weighted by atomic mass is 10.1. The maximum Gasteiger partial charge on any atom is 0.288 e. The van der Waals surface area contributed by atoms with Crippen LogP contribution in [0.5, 0.6) is 0 Å². The van der Waals surface area contributed by atoms with Gasteiger partial charge in [-0.15, -0.1) is 5.10 Å². The quantitative estimate of drug-likeness (QED) is 0.806. The molecule has 1 amide bonds. The van der Waals surface area contributed by atoms with Crippen LogP contribution in [0.15, 0.2) is 48.5 Å². The van der Waals surface area contributed by atoms with E-state index in [-0.39, 0.29) is 5.82 Å². The van der Waals surface area contributed by atoms with Gasteiger partial charge < -0.3 is 5.73 Å². The van der Waals surface area contributed by atoms with Crippen LogP contribution in [0.4, 0.5) is 0 Å². The Bertz CT molecular complexity index is 834. The molecule has 0 radical (unpaired) electrons. The van der Waals surface area contributed by atoms with E-state index in [1.165, 1.54) is 0 Å². The molecule has 0 aliphatic rings. The van der Waals surface area contributed by atoms with E-state index in [1.54, 1.807) is 4.68 Å². The molecule has 0 fully saturated rings. The van der Waals surface area contributed by atoms with E-state index in [4.69, 9.17) is 5.73 Å². The van der Waals surface area contributed by atoms with Crippen LogP contribution >= 0.6 is 0 Å². The summed E-state index contributed by atoms with van der Waals surface area (Å²) in [6.45, 7) is 4.02. The minimum absolute atomic E-state index is 0.0112. The first-order valence-corrected chi connectivity index (χ1v) is 6.95. The minimum Gasteiger partial charge on any atom is -0.363 e. The van der Waals surface area contributed by atoms with Crippen LogP contribution in [-0.2, 0) is 0 Å². The first-order chi connectivity index (χ1) is 10.5. The lowest BCUT2D eigenvalue weighted by molar-refractivity contribution is 0.0990. The Labute approximate surface area is 128 Å². The first-order valence-electron chi connectivity index (χ1n) is 6.95. The van der Waals surface area contributed by atoms with Gasteiger partial charge in [0.25, 0.3) is 5.91 Å². The number of benzene rings is 2. The number of amides is 1. The maximum atomic E-state index is 11.4. The topological polar surface area (TPSA) is 73.8 Å². The van der Waals surface area contributed by atoms with Crippen LogP contribution in [-0.4, -0.2) is 20.7 Å². The molecule has 0 unspecified atom stereocenters. The largest absolute Gasteiger partial charge is 0.363 e. The molecular formula is C17H16N4O. The van der Waals surface area contributed by atoms with Crippen molar-refractivity contribution in [2.75, 3.05) is 0 Å². The second-order valence-corrected chi connectivity index (χ2v) is 5.24. The molecule has 0 saturated heterocycles. The molecule has 0 spiro atoms. The number of nitrogens with zero attached hydrogens (tertiary/aromatic N) is 3. The van der Waals surface area contributed by atoms with Crippen molar-refractivity contribution in [3.63, 3.8) is 0 Å². The number of aryl methyl sites for hydroxylation is 2. The minimum atomic E-state index is -0.639. The monoisotopic (exact) mass is 292 g/mol. The van der Waals surface area contributed by atoms with Gasteiger partial charge in [0, 0.05) is 5.56 Å². The van der Waals surface area contributed by atoms with E-state index in [1.807, 2.05) is 62.4 Å². The lowest BCUT2D eigenvalue weighted by Gasteiger charge is -2.07. The molecule has 110 valence electrons. The standard InChI is InChI=1S/C17H16N4O/c1-11-6-8-13(9-7-11)17-19-16(15(18)22)20-21(17)14-5-3-4-12(2)10-14/h3-10H,1-2H3,(H2,18,22). The number of carbonyl (C=O) groups excluding carboxylic acids is 1. The third kappa shape index (κ3) is 2.61.